The first-order chi connectivity index (χ1) is 14.5. The second-order valence-electron chi connectivity index (χ2n) is 7.65. The smallest absolute Gasteiger partial charge is 0.228 e. The summed E-state index contributed by atoms with van der Waals surface area (Å²) in [7, 11) is 0. The molecule has 158 valence electrons. The van der Waals surface area contributed by atoms with Crippen LogP contribution >= 0.6 is 0 Å². The number of aryl methyl sites for hydroxylation is 1. The van der Waals surface area contributed by atoms with Gasteiger partial charge in [-0.15, -0.1) is 0 Å². The number of amides is 2. The molecule has 1 fully saturated rings. The van der Waals surface area contributed by atoms with Crippen LogP contribution in [0.4, 0.5) is 10.1 Å². The lowest BCUT2D eigenvalue weighted by Crippen LogP contribution is -2.37. The Balaban J connectivity index is 1.50. The summed E-state index contributed by atoms with van der Waals surface area (Å²) in [5.74, 6) is 0.0445. The molecular formula is C23H25FN2O4. The molecule has 4 rings (SSSR count). The first kappa shape index (κ1) is 20.2. The summed E-state index contributed by atoms with van der Waals surface area (Å²) in [6.45, 7) is 5.71. The van der Waals surface area contributed by atoms with Gasteiger partial charge in [0.25, 0.3) is 0 Å². The minimum atomic E-state index is -0.505. The molecule has 2 aliphatic heterocycles. The van der Waals surface area contributed by atoms with E-state index in [-0.39, 0.29) is 30.5 Å². The Morgan fingerprint density at radius 2 is 2.03 bits per heavy atom. The number of para-hydroxylation sites is 1. The van der Waals surface area contributed by atoms with Crippen LogP contribution in [0.3, 0.4) is 0 Å². The van der Waals surface area contributed by atoms with Crippen molar-refractivity contribution in [1.29, 1.82) is 0 Å². The van der Waals surface area contributed by atoms with Crippen LogP contribution in [0, 0.1) is 18.7 Å². The van der Waals surface area contributed by atoms with Gasteiger partial charge in [0.2, 0.25) is 11.8 Å². The fraction of sp³-hybridized carbons (Fsp3) is 0.391. The molecule has 0 aliphatic carbocycles. The van der Waals surface area contributed by atoms with E-state index in [1.54, 1.807) is 24.0 Å². The predicted octanol–water partition coefficient (Wildman–Crippen LogP) is 3.31. The number of ether oxygens (including phenoxy) is 2. The Labute approximate surface area is 175 Å². The van der Waals surface area contributed by atoms with Gasteiger partial charge in [-0.1, -0.05) is 18.2 Å². The fourth-order valence-electron chi connectivity index (χ4n) is 4.00. The number of carbonyl (C=O) groups excluding carboxylic acids is 2. The van der Waals surface area contributed by atoms with Gasteiger partial charge in [-0.05, 0) is 37.6 Å². The first-order valence-corrected chi connectivity index (χ1v) is 10.2. The Kier molecular flexibility index (Phi) is 5.61. The average Bonchev–Trinajstić information content (AvgIpc) is 3.13. The van der Waals surface area contributed by atoms with Crippen LogP contribution in [0.1, 0.15) is 24.5 Å². The highest BCUT2D eigenvalue weighted by molar-refractivity contribution is 6.00. The van der Waals surface area contributed by atoms with E-state index < -0.39 is 11.7 Å². The molecule has 2 heterocycles. The molecule has 2 aliphatic rings. The molecule has 0 spiro atoms. The molecule has 2 aromatic rings. The number of hydrogen-bond acceptors (Lipinski definition) is 4. The molecule has 0 radical (unpaired) electrons. The van der Waals surface area contributed by atoms with Gasteiger partial charge in [0.05, 0.1) is 11.6 Å². The van der Waals surface area contributed by atoms with Crippen molar-refractivity contribution in [3.8, 4) is 11.5 Å². The van der Waals surface area contributed by atoms with Crippen molar-refractivity contribution in [2.45, 2.75) is 26.8 Å². The fourth-order valence-corrected chi connectivity index (χ4v) is 4.00. The lowest BCUT2D eigenvalue weighted by molar-refractivity contribution is -0.136. The summed E-state index contributed by atoms with van der Waals surface area (Å²) >= 11 is 0. The highest BCUT2D eigenvalue weighted by Crippen LogP contribution is 2.35. The summed E-state index contributed by atoms with van der Waals surface area (Å²) in [6, 6.07) is 10.4. The second kappa shape index (κ2) is 8.34. The van der Waals surface area contributed by atoms with Crippen LogP contribution in [0.2, 0.25) is 0 Å². The van der Waals surface area contributed by atoms with Crippen LogP contribution in [0.15, 0.2) is 36.4 Å². The zero-order chi connectivity index (χ0) is 21.3. The van der Waals surface area contributed by atoms with Gasteiger partial charge in [-0.25, -0.2) is 4.39 Å². The van der Waals surface area contributed by atoms with E-state index in [9.17, 15) is 14.0 Å². The van der Waals surface area contributed by atoms with Crippen molar-refractivity contribution in [2.75, 3.05) is 31.2 Å². The van der Waals surface area contributed by atoms with Crippen LogP contribution < -0.4 is 14.4 Å². The molecule has 2 aromatic carbocycles. The van der Waals surface area contributed by atoms with E-state index in [4.69, 9.17) is 9.47 Å². The number of nitrogens with zero attached hydrogens (tertiary/aromatic N) is 2. The maximum absolute atomic E-state index is 14.4. The largest absolute Gasteiger partial charge is 0.486 e. The minimum Gasteiger partial charge on any atom is -0.486 e. The SMILES string of the molecule is CCN(Cc1cccc2c1OCCO2)C(=O)C1CC(=O)N(c2ccc(C)cc2F)C1. The van der Waals surface area contributed by atoms with Gasteiger partial charge >= 0.3 is 0 Å². The van der Waals surface area contributed by atoms with Crippen molar-refractivity contribution in [2.24, 2.45) is 5.92 Å². The Morgan fingerprint density at radius 1 is 1.23 bits per heavy atom. The maximum Gasteiger partial charge on any atom is 0.228 e. The van der Waals surface area contributed by atoms with Crippen LogP contribution in [-0.4, -0.2) is 43.0 Å². The highest BCUT2D eigenvalue weighted by Gasteiger charge is 2.38. The van der Waals surface area contributed by atoms with E-state index in [1.165, 1.54) is 11.0 Å². The van der Waals surface area contributed by atoms with E-state index in [0.717, 1.165) is 11.1 Å². The molecule has 6 nitrogen and oxygen atoms in total. The lowest BCUT2D eigenvalue weighted by Gasteiger charge is -2.27. The molecule has 1 unspecified atom stereocenters. The number of hydrogen-bond donors (Lipinski definition) is 0. The predicted molar refractivity (Wildman–Crippen MR) is 110 cm³/mol. The molecule has 0 bridgehead atoms. The van der Waals surface area contributed by atoms with E-state index in [1.807, 2.05) is 25.1 Å². The van der Waals surface area contributed by atoms with Gasteiger partial charge < -0.3 is 19.3 Å². The summed E-state index contributed by atoms with van der Waals surface area (Å²) in [6.07, 6.45) is 0.0785. The van der Waals surface area contributed by atoms with Gasteiger partial charge in [0, 0.05) is 31.6 Å². The third kappa shape index (κ3) is 3.84. The Bertz CT molecular complexity index is 978. The number of benzene rings is 2. The van der Waals surface area contributed by atoms with Gasteiger partial charge in [-0.3, -0.25) is 9.59 Å². The number of rotatable bonds is 5. The van der Waals surface area contributed by atoms with Crippen LogP contribution in [0.5, 0.6) is 11.5 Å². The molecule has 1 atom stereocenters. The molecule has 0 aromatic heterocycles. The number of carbonyl (C=O) groups is 2. The topological polar surface area (TPSA) is 59.1 Å². The van der Waals surface area contributed by atoms with Crippen molar-refractivity contribution < 1.29 is 23.5 Å². The van der Waals surface area contributed by atoms with Gasteiger partial charge in [0.1, 0.15) is 19.0 Å². The number of fused-ring (bicyclic) bond motifs is 1. The van der Waals surface area contributed by atoms with Crippen molar-refractivity contribution in [1.82, 2.24) is 4.90 Å². The first-order valence-electron chi connectivity index (χ1n) is 10.2. The Hall–Kier alpha value is -3.09. The maximum atomic E-state index is 14.4. The minimum absolute atomic E-state index is 0.0785. The van der Waals surface area contributed by atoms with Gasteiger partial charge in [0.15, 0.2) is 11.5 Å². The third-order valence-electron chi connectivity index (χ3n) is 5.57. The summed E-state index contributed by atoms with van der Waals surface area (Å²) < 4.78 is 25.7. The highest BCUT2D eigenvalue weighted by atomic mass is 19.1. The molecule has 0 saturated carbocycles. The molecule has 1 saturated heterocycles. The van der Waals surface area contributed by atoms with Crippen molar-refractivity contribution >= 4 is 17.5 Å². The van der Waals surface area contributed by atoms with Crippen LogP contribution in [-0.2, 0) is 16.1 Å². The lowest BCUT2D eigenvalue weighted by atomic mass is 10.1. The summed E-state index contributed by atoms with van der Waals surface area (Å²) in [5.41, 5.74) is 1.88. The zero-order valence-electron chi connectivity index (χ0n) is 17.2. The van der Waals surface area contributed by atoms with Crippen molar-refractivity contribution in [3.05, 3.63) is 53.3 Å². The zero-order valence-corrected chi connectivity index (χ0v) is 17.2. The molecule has 7 heteroatoms. The summed E-state index contributed by atoms with van der Waals surface area (Å²) in [5, 5.41) is 0. The third-order valence-corrected chi connectivity index (χ3v) is 5.57. The van der Waals surface area contributed by atoms with Crippen LogP contribution in [0.25, 0.3) is 0 Å². The number of halogens is 1. The molecule has 0 N–H and O–H groups in total. The molecular weight excluding hydrogens is 387 g/mol. The van der Waals surface area contributed by atoms with Crippen molar-refractivity contribution in [3.63, 3.8) is 0 Å². The quantitative estimate of drug-likeness (QED) is 0.756. The van der Waals surface area contributed by atoms with E-state index in [0.29, 0.717) is 37.8 Å². The monoisotopic (exact) mass is 412 g/mol. The normalized spacial score (nSPS) is 17.9. The molecule has 30 heavy (non-hydrogen) atoms. The standard InChI is InChI=1S/C23H25FN2O4/c1-3-25(13-16-5-4-6-20-22(16)30-10-9-29-20)23(28)17-12-21(27)26(14-17)19-8-7-15(2)11-18(19)24/h4-8,11,17H,3,9-10,12-14H2,1-2H3. The van der Waals surface area contributed by atoms with E-state index >= 15 is 0 Å². The second-order valence-corrected chi connectivity index (χ2v) is 7.65. The Morgan fingerprint density at radius 3 is 2.80 bits per heavy atom. The van der Waals surface area contributed by atoms with Gasteiger partial charge in [-0.2, -0.15) is 0 Å². The van der Waals surface area contributed by atoms with E-state index in [2.05, 4.69) is 0 Å². The number of anilines is 1. The summed E-state index contributed by atoms with van der Waals surface area (Å²) in [4.78, 5) is 28.8. The average molecular weight is 412 g/mol. The molecule has 2 amide bonds.